The van der Waals surface area contributed by atoms with Crippen LogP contribution in [0.5, 0.6) is 11.5 Å². The van der Waals surface area contributed by atoms with Crippen molar-refractivity contribution in [3.05, 3.63) is 84.4 Å². The fourth-order valence-electron chi connectivity index (χ4n) is 3.13. The summed E-state index contributed by atoms with van der Waals surface area (Å²) in [5, 5.41) is 0. The fourth-order valence-corrected chi connectivity index (χ4v) is 3.13. The summed E-state index contributed by atoms with van der Waals surface area (Å²) in [6.07, 6.45) is 0.876. The standard InChI is InChI=1S/C26H24O4/c1-5-19-16-22(20-6-11-23(12-7-20)29-18(4)27)10-15-25(19)21-8-13-24(14-9-21)30-26(28)17(2)3/h6-16H,2,5H2,1,3-4H3. The zero-order chi connectivity index (χ0) is 21.7. The van der Waals surface area contributed by atoms with Gasteiger partial charge < -0.3 is 9.47 Å². The SMILES string of the molecule is C=C(C)C(=O)Oc1ccc(-c2ccc(-c3ccc(OC(C)=O)cc3)cc2CC)cc1. The largest absolute Gasteiger partial charge is 0.427 e. The number of benzene rings is 3. The van der Waals surface area contributed by atoms with E-state index in [9.17, 15) is 9.59 Å². The van der Waals surface area contributed by atoms with Crippen molar-refractivity contribution in [3.63, 3.8) is 0 Å². The third-order valence-electron chi connectivity index (χ3n) is 4.66. The Kier molecular flexibility index (Phi) is 6.48. The maximum atomic E-state index is 11.7. The van der Waals surface area contributed by atoms with Gasteiger partial charge in [0.1, 0.15) is 11.5 Å². The molecule has 0 heterocycles. The topological polar surface area (TPSA) is 52.6 Å². The second kappa shape index (κ2) is 9.23. The first-order chi connectivity index (χ1) is 14.4. The molecule has 0 spiro atoms. The van der Waals surface area contributed by atoms with Gasteiger partial charge >= 0.3 is 11.9 Å². The van der Waals surface area contributed by atoms with Crippen LogP contribution < -0.4 is 9.47 Å². The van der Waals surface area contributed by atoms with Crippen LogP contribution in [0.1, 0.15) is 26.3 Å². The highest BCUT2D eigenvalue weighted by Gasteiger charge is 2.09. The molecule has 30 heavy (non-hydrogen) atoms. The molecule has 0 bridgehead atoms. The van der Waals surface area contributed by atoms with E-state index < -0.39 is 5.97 Å². The van der Waals surface area contributed by atoms with Gasteiger partial charge in [-0.3, -0.25) is 4.79 Å². The van der Waals surface area contributed by atoms with Crippen molar-refractivity contribution in [2.45, 2.75) is 27.2 Å². The Morgan fingerprint density at radius 2 is 1.30 bits per heavy atom. The Labute approximate surface area is 176 Å². The number of aryl methyl sites for hydroxylation is 1. The molecule has 0 radical (unpaired) electrons. The van der Waals surface area contributed by atoms with Crippen molar-refractivity contribution in [2.75, 3.05) is 0 Å². The molecule has 4 heteroatoms. The van der Waals surface area contributed by atoms with Crippen LogP contribution in [0.15, 0.2) is 78.9 Å². The van der Waals surface area contributed by atoms with Gasteiger partial charge in [-0.1, -0.05) is 56.0 Å². The summed E-state index contributed by atoms with van der Waals surface area (Å²) in [4.78, 5) is 22.7. The minimum atomic E-state index is -0.430. The van der Waals surface area contributed by atoms with Gasteiger partial charge in [-0.25, -0.2) is 4.79 Å². The molecule has 0 aliphatic heterocycles. The fraction of sp³-hybridized carbons (Fsp3) is 0.154. The van der Waals surface area contributed by atoms with Gasteiger partial charge in [0.2, 0.25) is 0 Å². The molecule has 0 saturated carbocycles. The Morgan fingerprint density at radius 1 is 0.767 bits per heavy atom. The number of rotatable bonds is 6. The first-order valence-electron chi connectivity index (χ1n) is 9.77. The van der Waals surface area contributed by atoms with Gasteiger partial charge in [0.25, 0.3) is 0 Å². The molecular formula is C26H24O4. The van der Waals surface area contributed by atoms with Crippen LogP contribution in [0, 0.1) is 0 Å². The molecule has 0 aliphatic rings. The number of hydrogen-bond donors (Lipinski definition) is 0. The summed E-state index contributed by atoms with van der Waals surface area (Å²) in [5.74, 6) is 0.266. The lowest BCUT2D eigenvalue weighted by molar-refractivity contribution is -0.132. The van der Waals surface area contributed by atoms with Crippen molar-refractivity contribution < 1.29 is 19.1 Å². The molecule has 0 aromatic heterocycles. The molecule has 0 atom stereocenters. The summed E-state index contributed by atoms with van der Waals surface area (Å²) in [7, 11) is 0. The quantitative estimate of drug-likeness (QED) is 0.290. The van der Waals surface area contributed by atoms with E-state index in [0.29, 0.717) is 17.1 Å². The third kappa shape index (κ3) is 5.03. The molecule has 4 nitrogen and oxygen atoms in total. The molecule has 0 fully saturated rings. The Bertz CT molecular complexity index is 1080. The van der Waals surface area contributed by atoms with Crippen molar-refractivity contribution in [2.24, 2.45) is 0 Å². The number of ether oxygens (including phenoxy) is 2. The van der Waals surface area contributed by atoms with Crippen LogP contribution in [0.2, 0.25) is 0 Å². The highest BCUT2D eigenvalue weighted by atomic mass is 16.5. The smallest absolute Gasteiger partial charge is 0.338 e. The Balaban J connectivity index is 1.84. The summed E-state index contributed by atoms with van der Waals surface area (Å²) in [6, 6.07) is 21.3. The van der Waals surface area contributed by atoms with E-state index in [1.165, 1.54) is 12.5 Å². The monoisotopic (exact) mass is 400 g/mol. The van der Waals surface area contributed by atoms with Crippen LogP contribution in [0.25, 0.3) is 22.3 Å². The molecule has 0 N–H and O–H groups in total. The van der Waals surface area contributed by atoms with Crippen molar-refractivity contribution in [3.8, 4) is 33.8 Å². The van der Waals surface area contributed by atoms with E-state index >= 15 is 0 Å². The molecule has 0 aliphatic carbocycles. The highest BCUT2D eigenvalue weighted by molar-refractivity contribution is 5.88. The molecule has 3 aromatic carbocycles. The summed E-state index contributed by atoms with van der Waals surface area (Å²) in [5.41, 5.74) is 5.91. The lowest BCUT2D eigenvalue weighted by Gasteiger charge is -2.12. The van der Waals surface area contributed by atoms with Gasteiger partial charge in [-0.05, 0) is 65.4 Å². The number of carbonyl (C=O) groups is 2. The Morgan fingerprint density at radius 3 is 1.83 bits per heavy atom. The summed E-state index contributed by atoms with van der Waals surface area (Å²) in [6.45, 7) is 8.72. The van der Waals surface area contributed by atoms with Crippen LogP contribution in [0.3, 0.4) is 0 Å². The van der Waals surface area contributed by atoms with Gasteiger partial charge in [0.15, 0.2) is 0 Å². The number of esters is 2. The predicted molar refractivity (Wildman–Crippen MR) is 118 cm³/mol. The maximum absolute atomic E-state index is 11.7. The lowest BCUT2D eigenvalue weighted by Crippen LogP contribution is -2.07. The average molecular weight is 400 g/mol. The highest BCUT2D eigenvalue weighted by Crippen LogP contribution is 2.31. The Hall–Kier alpha value is -3.66. The molecular weight excluding hydrogens is 376 g/mol. The predicted octanol–water partition coefficient (Wildman–Crippen LogP) is 5.99. The van der Waals surface area contributed by atoms with Crippen molar-refractivity contribution >= 4 is 11.9 Å². The first kappa shape index (κ1) is 21.1. The van der Waals surface area contributed by atoms with Crippen LogP contribution in [-0.4, -0.2) is 11.9 Å². The van der Waals surface area contributed by atoms with E-state index in [-0.39, 0.29) is 5.97 Å². The zero-order valence-corrected chi connectivity index (χ0v) is 17.4. The van der Waals surface area contributed by atoms with Gasteiger partial charge in [-0.2, -0.15) is 0 Å². The molecule has 0 amide bonds. The average Bonchev–Trinajstić information content (AvgIpc) is 2.74. The van der Waals surface area contributed by atoms with E-state index in [1.807, 2.05) is 24.3 Å². The minimum absolute atomic E-state index is 0.333. The van der Waals surface area contributed by atoms with Gasteiger partial charge in [-0.15, -0.1) is 0 Å². The van der Waals surface area contributed by atoms with E-state index in [0.717, 1.165) is 28.7 Å². The number of carbonyl (C=O) groups excluding carboxylic acids is 2. The third-order valence-corrected chi connectivity index (χ3v) is 4.66. The van der Waals surface area contributed by atoms with E-state index in [2.05, 4.69) is 31.7 Å². The first-order valence-corrected chi connectivity index (χ1v) is 9.77. The van der Waals surface area contributed by atoms with Crippen molar-refractivity contribution in [1.29, 1.82) is 0 Å². The second-order valence-corrected chi connectivity index (χ2v) is 7.04. The molecule has 3 aromatic rings. The minimum Gasteiger partial charge on any atom is -0.427 e. The zero-order valence-electron chi connectivity index (χ0n) is 17.4. The van der Waals surface area contributed by atoms with E-state index in [1.54, 1.807) is 31.2 Å². The summed E-state index contributed by atoms with van der Waals surface area (Å²) >= 11 is 0. The maximum Gasteiger partial charge on any atom is 0.338 e. The normalized spacial score (nSPS) is 10.4. The lowest BCUT2D eigenvalue weighted by atomic mass is 9.93. The van der Waals surface area contributed by atoms with Gasteiger partial charge in [0, 0.05) is 12.5 Å². The van der Waals surface area contributed by atoms with Crippen LogP contribution in [0.4, 0.5) is 0 Å². The summed E-state index contributed by atoms with van der Waals surface area (Å²) < 4.78 is 10.4. The van der Waals surface area contributed by atoms with Crippen LogP contribution >= 0.6 is 0 Å². The second-order valence-electron chi connectivity index (χ2n) is 7.04. The number of hydrogen-bond acceptors (Lipinski definition) is 4. The molecule has 3 rings (SSSR count). The van der Waals surface area contributed by atoms with Crippen LogP contribution in [-0.2, 0) is 16.0 Å². The van der Waals surface area contributed by atoms with Gasteiger partial charge in [0.05, 0.1) is 0 Å². The van der Waals surface area contributed by atoms with Crippen molar-refractivity contribution in [1.82, 2.24) is 0 Å². The molecule has 152 valence electrons. The molecule has 0 unspecified atom stereocenters. The molecule has 0 saturated heterocycles. The van der Waals surface area contributed by atoms with E-state index in [4.69, 9.17) is 9.47 Å².